The maximum atomic E-state index is 11.9. The van der Waals surface area contributed by atoms with Gasteiger partial charge >= 0.3 is 0 Å². The molecule has 1 aliphatic rings. The SMILES string of the molecule is CC(C(=O)N(CCBr)C1CC1)S(C)(=O)=O. The van der Waals surface area contributed by atoms with Crippen molar-refractivity contribution < 1.29 is 13.2 Å². The summed E-state index contributed by atoms with van der Waals surface area (Å²) in [5, 5.41) is -0.233. The zero-order valence-electron chi connectivity index (χ0n) is 8.94. The molecule has 15 heavy (non-hydrogen) atoms. The van der Waals surface area contributed by atoms with Crippen LogP contribution in [0.15, 0.2) is 0 Å². The maximum Gasteiger partial charge on any atom is 0.240 e. The van der Waals surface area contributed by atoms with Crippen LogP contribution in [0.25, 0.3) is 0 Å². The summed E-state index contributed by atoms with van der Waals surface area (Å²) in [4.78, 5) is 13.6. The molecule has 0 aromatic carbocycles. The highest BCUT2D eigenvalue weighted by atomic mass is 79.9. The van der Waals surface area contributed by atoms with Gasteiger partial charge in [-0.2, -0.15) is 0 Å². The number of hydrogen-bond donors (Lipinski definition) is 0. The Morgan fingerprint density at radius 2 is 2.07 bits per heavy atom. The normalized spacial score (nSPS) is 18.6. The van der Waals surface area contributed by atoms with E-state index in [1.54, 1.807) is 4.90 Å². The Morgan fingerprint density at radius 1 is 1.53 bits per heavy atom. The van der Waals surface area contributed by atoms with Crippen molar-refractivity contribution in [3.63, 3.8) is 0 Å². The van der Waals surface area contributed by atoms with Crippen molar-refractivity contribution in [3.8, 4) is 0 Å². The molecular weight excluding hydrogens is 282 g/mol. The Balaban J connectivity index is 2.71. The molecule has 1 saturated carbocycles. The first kappa shape index (κ1) is 13.0. The lowest BCUT2D eigenvalue weighted by Crippen LogP contribution is -2.43. The van der Waals surface area contributed by atoms with Gasteiger partial charge in [-0.25, -0.2) is 8.42 Å². The average molecular weight is 298 g/mol. The van der Waals surface area contributed by atoms with Crippen molar-refractivity contribution in [2.75, 3.05) is 18.1 Å². The zero-order valence-corrected chi connectivity index (χ0v) is 11.3. The van der Waals surface area contributed by atoms with Gasteiger partial charge in [0.2, 0.25) is 5.91 Å². The second kappa shape index (κ2) is 4.82. The largest absolute Gasteiger partial charge is 0.338 e. The summed E-state index contributed by atoms with van der Waals surface area (Å²) in [7, 11) is -3.28. The fourth-order valence-corrected chi connectivity index (χ4v) is 2.25. The van der Waals surface area contributed by atoms with Gasteiger partial charge in [-0.05, 0) is 19.8 Å². The third kappa shape index (κ3) is 3.45. The Hall–Kier alpha value is -0.100. The molecule has 1 fully saturated rings. The lowest BCUT2D eigenvalue weighted by atomic mass is 10.3. The monoisotopic (exact) mass is 297 g/mol. The fraction of sp³-hybridized carbons (Fsp3) is 0.889. The highest BCUT2D eigenvalue weighted by Gasteiger charge is 2.36. The van der Waals surface area contributed by atoms with Crippen molar-refractivity contribution in [1.82, 2.24) is 4.90 Å². The molecule has 0 heterocycles. The van der Waals surface area contributed by atoms with Crippen LogP contribution in [0.3, 0.4) is 0 Å². The molecule has 1 rings (SSSR count). The van der Waals surface area contributed by atoms with Crippen LogP contribution in [0, 0.1) is 0 Å². The van der Waals surface area contributed by atoms with Crippen LogP contribution < -0.4 is 0 Å². The second-order valence-corrected chi connectivity index (χ2v) is 7.08. The fourth-order valence-electron chi connectivity index (χ4n) is 1.37. The van der Waals surface area contributed by atoms with Crippen LogP contribution >= 0.6 is 15.9 Å². The molecule has 1 unspecified atom stereocenters. The highest BCUT2D eigenvalue weighted by molar-refractivity contribution is 9.09. The molecule has 1 aliphatic carbocycles. The van der Waals surface area contributed by atoms with Crippen LogP contribution in [0.2, 0.25) is 0 Å². The van der Waals surface area contributed by atoms with E-state index in [0.717, 1.165) is 19.1 Å². The minimum absolute atomic E-state index is 0.263. The number of nitrogens with zero attached hydrogens (tertiary/aromatic N) is 1. The lowest BCUT2D eigenvalue weighted by Gasteiger charge is -2.24. The first-order chi connectivity index (χ1) is 6.88. The molecule has 0 aromatic rings. The molecule has 1 amide bonds. The Morgan fingerprint density at radius 3 is 2.40 bits per heavy atom. The van der Waals surface area contributed by atoms with Gasteiger partial charge in [0.25, 0.3) is 0 Å². The first-order valence-corrected chi connectivity index (χ1v) is 8.01. The van der Waals surface area contributed by atoms with Gasteiger partial charge in [0.15, 0.2) is 9.84 Å². The number of amides is 1. The van der Waals surface area contributed by atoms with E-state index in [2.05, 4.69) is 15.9 Å². The molecule has 1 atom stereocenters. The van der Waals surface area contributed by atoms with Crippen molar-refractivity contribution in [2.45, 2.75) is 31.1 Å². The molecule has 0 saturated heterocycles. The van der Waals surface area contributed by atoms with E-state index in [9.17, 15) is 13.2 Å². The third-order valence-electron chi connectivity index (χ3n) is 2.59. The van der Waals surface area contributed by atoms with E-state index < -0.39 is 15.1 Å². The number of carbonyl (C=O) groups is 1. The Bertz CT molecular complexity index is 337. The van der Waals surface area contributed by atoms with E-state index in [1.165, 1.54) is 6.92 Å². The molecule has 88 valence electrons. The molecule has 0 radical (unpaired) electrons. The van der Waals surface area contributed by atoms with Gasteiger partial charge in [0.05, 0.1) is 0 Å². The second-order valence-electron chi connectivity index (χ2n) is 3.92. The van der Waals surface area contributed by atoms with Crippen LogP contribution in [-0.2, 0) is 14.6 Å². The quantitative estimate of drug-likeness (QED) is 0.706. The lowest BCUT2D eigenvalue weighted by molar-refractivity contribution is -0.130. The standard InChI is InChI=1S/C9H16BrNO3S/c1-7(15(2,13)14)9(12)11(6-5-10)8-3-4-8/h7-8H,3-6H2,1-2H3. The molecule has 0 bridgehead atoms. The number of rotatable bonds is 5. The van der Waals surface area contributed by atoms with Crippen molar-refractivity contribution in [2.24, 2.45) is 0 Å². The van der Waals surface area contributed by atoms with Crippen LogP contribution in [0.5, 0.6) is 0 Å². The average Bonchev–Trinajstić information content (AvgIpc) is 2.93. The predicted molar refractivity (Wildman–Crippen MR) is 62.8 cm³/mol. The zero-order chi connectivity index (χ0) is 11.6. The molecule has 0 aromatic heterocycles. The Labute approximate surface area is 99.1 Å². The highest BCUT2D eigenvalue weighted by Crippen LogP contribution is 2.27. The van der Waals surface area contributed by atoms with E-state index in [4.69, 9.17) is 0 Å². The van der Waals surface area contributed by atoms with Gasteiger partial charge in [0, 0.05) is 24.2 Å². The summed E-state index contributed by atoms with van der Waals surface area (Å²) < 4.78 is 22.5. The first-order valence-electron chi connectivity index (χ1n) is 4.93. The van der Waals surface area contributed by atoms with Crippen LogP contribution in [0.1, 0.15) is 19.8 Å². The van der Waals surface area contributed by atoms with Gasteiger partial charge in [-0.3, -0.25) is 4.79 Å². The minimum atomic E-state index is -3.28. The molecule has 4 nitrogen and oxygen atoms in total. The topological polar surface area (TPSA) is 54.5 Å². The summed E-state index contributed by atoms with van der Waals surface area (Å²) in [5.41, 5.74) is 0. The molecule has 6 heteroatoms. The summed E-state index contributed by atoms with van der Waals surface area (Å²) >= 11 is 3.27. The number of sulfone groups is 1. The summed E-state index contributed by atoms with van der Waals surface area (Å²) in [6.45, 7) is 2.05. The summed E-state index contributed by atoms with van der Waals surface area (Å²) in [6, 6.07) is 0.263. The molecule has 0 spiro atoms. The Kier molecular flexibility index (Phi) is 4.17. The smallest absolute Gasteiger partial charge is 0.240 e. The number of halogens is 1. The summed E-state index contributed by atoms with van der Waals surface area (Å²) in [6.07, 6.45) is 3.10. The van der Waals surface area contributed by atoms with E-state index in [0.29, 0.717) is 11.9 Å². The van der Waals surface area contributed by atoms with Crippen molar-refractivity contribution in [1.29, 1.82) is 0 Å². The van der Waals surface area contributed by atoms with Crippen LogP contribution in [-0.4, -0.2) is 48.6 Å². The van der Waals surface area contributed by atoms with E-state index in [1.807, 2.05) is 0 Å². The number of carbonyl (C=O) groups excluding carboxylic acids is 1. The van der Waals surface area contributed by atoms with Crippen LogP contribution in [0.4, 0.5) is 0 Å². The molecule has 0 N–H and O–H groups in total. The predicted octanol–water partition coefficient (Wildman–Crippen LogP) is 0.805. The molecular formula is C9H16BrNO3S. The summed E-state index contributed by atoms with van der Waals surface area (Å²) in [5.74, 6) is -0.264. The van der Waals surface area contributed by atoms with Gasteiger partial charge in [-0.15, -0.1) is 0 Å². The van der Waals surface area contributed by atoms with Gasteiger partial charge < -0.3 is 4.90 Å². The minimum Gasteiger partial charge on any atom is -0.338 e. The maximum absolute atomic E-state index is 11.9. The van der Waals surface area contributed by atoms with Crippen molar-refractivity contribution >= 4 is 31.7 Å². The molecule has 0 aliphatic heterocycles. The van der Waals surface area contributed by atoms with Gasteiger partial charge in [0.1, 0.15) is 5.25 Å². The van der Waals surface area contributed by atoms with Crippen molar-refractivity contribution in [3.05, 3.63) is 0 Å². The van der Waals surface area contributed by atoms with Gasteiger partial charge in [-0.1, -0.05) is 15.9 Å². The number of hydrogen-bond acceptors (Lipinski definition) is 3. The van der Waals surface area contributed by atoms with E-state index >= 15 is 0 Å². The third-order valence-corrected chi connectivity index (χ3v) is 4.43. The van der Waals surface area contributed by atoms with E-state index in [-0.39, 0.29) is 11.9 Å². The number of alkyl halides is 1.